The van der Waals surface area contributed by atoms with Gasteiger partial charge in [0.25, 0.3) is 0 Å². The minimum absolute atomic E-state index is 0.776. The Labute approximate surface area is 70.2 Å². The summed E-state index contributed by atoms with van der Waals surface area (Å²) in [5.41, 5.74) is 1.78. The first-order valence-corrected chi connectivity index (χ1v) is 6.13. The van der Waals surface area contributed by atoms with Crippen molar-refractivity contribution in [3.8, 4) is 0 Å². The molecule has 0 saturated heterocycles. The van der Waals surface area contributed by atoms with Gasteiger partial charge in [-0.15, -0.1) is 0 Å². The lowest BCUT2D eigenvalue weighted by molar-refractivity contribution is 0.810. The van der Waals surface area contributed by atoms with Gasteiger partial charge < -0.3 is 0 Å². The molecule has 1 atom stereocenters. The molecule has 0 aromatic heterocycles. The molecule has 1 unspecified atom stereocenters. The summed E-state index contributed by atoms with van der Waals surface area (Å²) < 4.78 is 0. The van der Waals surface area contributed by atoms with Crippen molar-refractivity contribution in [2.24, 2.45) is 11.8 Å². The molecule has 1 saturated carbocycles. The highest BCUT2D eigenvalue weighted by molar-refractivity contribution is 8.78. The summed E-state index contributed by atoms with van der Waals surface area (Å²) in [5.74, 6) is 3.14. The zero-order chi connectivity index (χ0) is 7.14. The van der Waals surface area contributed by atoms with Gasteiger partial charge in [-0.05, 0) is 23.2 Å². The molecule has 1 fully saturated rings. The van der Waals surface area contributed by atoms with Gasteiger partial charge in [0, 0.05) is 5.75 Å². The van der Waals surface area contributed by atoms with Crippen molar-refractivity contribution in [1.29, 1.82) is 0 Å². The molecule has 2 aliphatic rings. The van der Waals surface area contributed by atoms with Crippen LogP contribution in [0.5, 0.6) is 0 Å². The van der Waals surface area contributed by atoms with Crippen molar-refractivity contribution in [2.45, 2.75) is 20.3 Å². The van der Waals surface area contributed by atoms with Crippen molar-refractivity contribution in [2.75, 3.05) is 5.75 Å². The third kappa shape index (κ3) is 1.12. The van der Waals surface area contributed by atoms with Crippen LogP contribution in [0.15, 0.2) is 10.5 Å². The van der Waals surface area contributed by atoms with Gasteiger partial charge >= 0.3 is 0 Å². The van der Waals surface area contributed by atoms with E-state index < -0.39 is 0 Å². The molecule has 1 aliphatic carbocycles. The van der Waals surface area contributed by atoms with Crippen molar-refractivity contribution < 1.29 is 0 Å². The lowest BCUT2D eigenvalue weighted by Crippen LogP contribution is -1.93. The van der Waals surface area contributed by atoms with E-state index in [1.807, 2.05) is 21.6 Å². The lowest BCUT2D eigenvalue weighted by Gasteiger charge is -2.13. The Balaban J connectivity index is 2.19. The van der Waals surface area contributed by atoms with Gasteiger partial charge in [-0.3, -0.25) is 0 Å². The van der Waals surface area contributed by atoms with Crippen LogP contribution in [0, 0.1) is 11.8 Å². The minimum atomic E-state index is 0.776. The highest BCUT2D eigenvalue weighted by atomic mass is 33.1. The maximum atomic E-state index is 2.30. The number of hydrogen-bond acceptors (Lipinski definition) is 2. The number of hydrogen-bond donors (Lipinski definition) is 0. The topological polar surface area (TPSA) is 0 Å². The molecule has 1 heterocycles. The van der Waals surface area contributed by atoms with E-state index in [0.29, 0.717) is 0 Å². The fourth-order valence-electron chi connectivity index (χ4n) is 1.37. The first-order chi connectivity index (χ1) is 4.79. The molecule has 2 rings (SSSR count). The van der Waals surface area contributed by atoms with E-state index in [4.69, 9.17) is 0 Å². The Kier molecular flexibility index (Phi) is 1.77. The Bertz CT molecular complexity index is 182. The molecule has 0 N–H and O–H groups in total. The van der Waals surface area contributed by atoms with Crippen LogP contribution < -0.4 is 0 Å². The lowest BCUT2D eigenvalue weighted by atomic mass is 10.2. The molecule has 0 aromatic rings. The van der Waals surface area contributed by atoms with Gasteiger partial charge in [-0.25, -0.2) is 0 Å². The van der Waals surface area contributed by atoms with Gasteiger partial charge in [0.1, 0.15) is 0 Å². The van der Waals surface area contributed by atoms with E-state index in [2.05, 4.69) is 13.8 Å². The quantitative estimate of drug-likeness (QED) is 0.557. The van der Waals surface area contributed by atoms with Crippen molar-refractivity contribution in [3.63, 3.8) is 0 Å². The normalized spacial score (nSPS) is 30.9. The van der Waals surface area contributed by atoms with Gasteiger partial charge in [0.15, 0.2) is 0 Å². The van der Waals surface area contributed by atoms with Crippen LogP contribution in [-0.2, 0) is 0 Å². The van der Waals surface area contributed by atoms with E-state index in [1.165, 1.54) is 12.2 Å². The molecule has 0 nitrogen and oxygen atoms in total. The average molecular weight is 172 g/mol. The Hall–Kier alpha value is 0.440. The second-order valence-electron chi connectivity index (χ2n) is 3.31. The summed E-state index contributed by atoms with van der Waals surface area (Å²) in [4.78, 5) is 1.68. The summed E-state index contributed by atoms with van der Waals surface area (Å²) >= 11 is 0. The van der Waals surface area contributed by atoms with Crippen LogP contribution in [-0.4, -0.2) is 5.75 Å². The van der Waals surface area contributed by atoms with Crippen LogP contribution in [0.3, 0.4) is 0 Å². The molecular formula is C8H12S2. The van der Waals surface area contributed by atoms with Crippen LogP contribution in [0.4, 0.5) is 0 Å². The van der Waals surface area contributed by atoms with Crippen LogP contribution in [0.25, 0.3) is 0 Å². The SMILES string of the molecule is CC(C)C1=C2CC2CSS1. The van der Waals surface area contributed by atoms with Crippen LogP contribution in [0.2, 0.25) is 0 Å². The molecule has 0 radical (unpaired) electrons. The summed E-state index contributed by atoms with van der Waals surface area (Å²) in [6.45, 7) is 4.60. The molecule has 0 spiro atoms. The van der Waals surface area contributed by atoms with Crippen molar-refractivity contribution in [1.82, 2.24) is 0 Å². The summed E-state index contributed by atoms with van der Waals surface area (Å²) in [6, 6.07) is 0. The third-order valence-electron chi connectivity index (χ3n) is 2.06. The fourth-order valence-corrected chi connectivity index (χ4v) is 4.57. The van der Waals surface area contributed by atoms with Gasteiger partial charge in [0.05, 0.1) is 0 Å². The highest BCUT2D eigenvalue weighted by Crippen LogP contribution is 2.56. The molecule has 56 valence electrons. The zero-order valence-electron chi connectivity index (χ0n) is 6.39. The van der Waals surface area contributed by atoms with E-state index >= 15 is 0 Å². The summed E-state index contributed by atoms with van der Waals surface area (Å²) in [7, 11) is 4.06. The van der Waals surface area contributed by atoms with E-state index in [9.17, 15) is 0 Å². The maximum Gasteiger partial charge on any atom is 0.0109 e. The van der Waals surface area contributed by atoms with E-state index in [1.54, 1.807) is 10.5 Å². The predicted octanol–water partition coefficient (Wildman–Crippen LogP) is 3.31. The number of rotatable bonds is 1. The second kappa shape index (κ2) is 2.49. The maximum absolute atomic E-state index is 2.30. The summed E-state index contributed by atoms with van der Waals surface area (Å²) in [5, 5.41) is 0. The standard InChI is InChI=1S/C8H12S2/c1-5(2)8-7-3-6(7)4-9-10-8/h5-6H,3-4H2,1-2H3. The highest BCUT2D eigenvalue weighted by Gasteiger charge is 2.36. The Morgan fingerprint density at radius 1 is 1.50 bits per heavy atom. The molecule has 0 amide bonds. The van der Waals surface area contributed by atoms with Gasteiger partial charge in [-0.2, -0.15) is 0 Å². The fraction of sp³-hybridized carbons (Fsp3) is 0.750. The van der Waals surface area contributed by atoms with Crippen molar-refractivity contribution >= 4 is 21.6 Å². The molecule has 0 aromatic carbocycles. The Morgan fingerprint density at radius 3 is 2.90 bits per heavy atom. The predicted molar refractivity (Wildman–Crippen MR) is 50.0 cm³/mol. The molecular weight excluding hydrogens is 160 g/mol. The van der Waals surface area contributed by atoms with Crippen LogP contribution in [0.1, 0.15) is 20.3 Å². The van der Waals surface area contributed by atoms with Gasteiger partial charge in [-0.1, -0.05) is 41.0 Å². The van der Waals surface area contributed by atoms with Crippen LogP contribution >= 0.6 is 21.6 Å². The molecule has 10 heavy (non-hydrogen) atoms. The number of allylic oxidation sites excluding steroid dienone is 2. The molecule has 2 heteroatoms. The largest absolute Gasteiger partial charge is 0.0886 e. The Morgan fingerprint density at radius 2 is 2.30 bits per heavy atom. The van der Waals surface area contributed by atoms with E-state index in [0.717, 1.165) is 11.8 Å². The molecule has 1 aliphatic heterocycles. The molecule has 0 bridgehead atoms. The monoisotopic (exact) mass is 172 g/mol. The first kappa shape index (κ1) is 7.11. The average Bonchev–Trinajstić information content (AvgIpc) is 2.63. The number of fused-ring (bicyclic) bond motifs is 1. The first-order valence-electron chi connectivity index (χ1n) is 3.81. The minimum Gasteiger partial charge on any atom is -0.0886 e. The van der Waals surface area contributed by atoms with E-state index in [-0.39, 0.29) is 0 Å². The van der Waals surface area contributed by atoms with Crippen molar-refractivity contribution in [3.05, 3.63) is 10.5 Å². The third-order valence-corrected chi connectivity index (χ3v) is 4.93. The smallest absolute Gasteiger partial charge is 0.0109 e. The second-order valence-corrected chi connectivity index (χ2v) is 5.70. The zero-order valence-corrected chi connectivity index (χ0v) is 8.02. The van der Waals surface area contributed by atoms with Gasteiger partial charge in [0.2, 0.25) is 0 Å². The summed E-state index contributed by atoms with van der Waals surface area (Å²) in [6.07, 6.45) is 1.41.